The Morgan fingerprint density at radius 2 is 1.96 bits per heavy atom. The quantitative estimate of drug-likeness (QED) is 0.510. The molecule has 1 heterocycles. The van der Waals surface area contributed by atoms with Gasteiger partial charge in [-0.2, -0.15) is 0 Å². The Labute approximate surface area is 146 Å². The number of hydrogen-bond acceptors (Lipinski definition) is 4. The van der Waals surface area contributed by atoms with E-state index in [0.29, 0.717) is 16.2 Å². The SMILES string of the molecule is Cc1c(C(=O)Nc2ccc(Cl)c([N+](=O)[O-])c2)oc2c(Cl)cccc12. The number of carbonyl (C=O) groups excluding carboxylic acids is 1. The normalized spacial score (nSPS) is 10.8. The van der Waals surface area contributed by atoms with Gasteiger partial charge < -0.3 is 9.73 Å². The second kappa shape index (κ2) is 6.14. The zero-order valence-electron chi connectivity index (χ0n) is 12.3. The molecular weight excluding hydrogens is 355 g/mol. The summed E-state index contributed by atoms with van der Waals surface area (Å²) in [7, 11) is 0. The molecule has 6 nitrogen and oxygen atoms in total. The van der Waals surface area contributed by atoms with Crippen LogP contribution in [0.5, 0.6) is 0 Å². The van der Waals surface area contributed by atoms with Crippen molar-refractivity contribution in [3.05, 3.63) is 67.9 Å². The summed E-state index contributed by atoms with van der Waals surface area (Å²) in [5.41, 5.74) is 0.998. The molecule has 1 aromatic heterocycles. The van der Waals surface area contributed by atoms with Gasteiger partial charge in [-0.05, 0) is 25.1 Å². The number of fused-ring (bicyclic) bond motifs is 1. The lowest BCUT2D eigenvalue weighted by Crippen LogP contribution is -2.12. The largest absolute Gasteiger partial charge is 0.449 e. The lowest BCUT2D eigenvalue weighted by atomic mass is 10.1. The molecule has 122 valence electrons. The van der Waals surface area contributed by atoms with Gasteiger partial charge in [0.1, 0.15) is 5.02 Å². The number of aryl methyl sites for hydroxylation is 1. The molecule has 0 aliphatic rings. The van der Waals surface area contributed by atoms with E-state index >= 15 is 0 Å². The highest BCUT2D eigenvalue weighted by Crippen LogP contribution is 2.32. The summed E-state index contributed by atoms with van der Waals surface area (Å²) >= 11 is 11.8. The maximum Gasteiger partial charge on any atom is 0.291 e. The highest BCUT2D eigenvalue weighted by atomic mass is 35.5. The number of para-hydroxylation sites is 1. The summed E-state index contributed by atoms with van der Waals surface area (Å²) in [4.78, 5) is 22.7. The highest BCUT2D eigenvalue weighted by molar-refractivity contribution is 6.35. The second-order valence-electron chi connectivity index (χ2n) is 5.05. The van der Waals surface area contributed by atoms with E-state index in [9.17, 15) is 14.9 Å². The molecule has 24 heavy (non-hydrogen) atoms. The second-order valence-corrected chi connectivity index (χ2v) is 5.86. The molecule has 0 radical (unpaired) electrons. The number of nitro benzene ring substituents is 1. The number of benzene rings is 2. The van der Waals surface area contributed by atoms with E-state index in [1.165, 1.54) is 18.2 Å². The first-order chi connectivity index (χ1) is 11.4. The van der Waals surface area contributed by atoms with E-state index < -0.39 is 10.8 Å². The molecule has 1 amide bonds. The summed E-state index contributed by atoms with van der Waals surface area (Å²) in [6, 6.07) is 9.22. The van der Waals surface area contributed by atoms with Gasteiger partial charge in [-0.15, -0.1) is 0 Å². The van der Waals surface area contributed by atoms with Crippen molar-refractivity contribution < 1.29 is 14.1 Å². The molecule has 3 rings (SSSR count). The first-order valence-corrected chi connectivity index (χ1v) is 7.57. The first kappa shape index (κ1) is 16.3. The van der Waals surface area contributed by atoms with Crippen LogP contribution in [0.2, 0.25) is 10.0 Å². The molecule has 0 aliphatic heterocycles. The van der Waals surface area contributed by atoms with Gasteiger partial charge in [-0.3, -0.25) is 14.9 Å². The minimum atomic E-state index is -0.621. The Hall–Kier alpha value is -2.57. The standard InChI is InChI=1S/C16H10Cl2N2O4/c1-8-10-3-2-4-12(18)15(10)24-14(8)16(21)19-9-5-6-11(17)13(7-9)20(22)23/h2-7H,1H3,(H,19,21). The smallest absolute Gasteiger partial charge is 0.291 e. The van der Waals surface area contributed by atoms with E-state index in [1.54, 1.807) is 25.1 Å². The van der Waals surface area contributed by atoms with Crippen molar-refractivity contribution in [3.8, 4) is 0 Å². The van der Waals surface area contributed by atoms with E-state index in [-0.39, 0.29) is 22.2 Å². The van der Waals surface area contributed by atoms with E-state index in [2.05, 4.69) is 5.32 Å². The summed E-state index contributed by atoms with van der Waals surface area (Å²) in [6.07, 6.45) is 0. The summed E-state index contributed by atoms with van der Waals surface area (Å²) in [5, 5.41) is 14.6. The number of rotatable bonds is 3. The number of nitro groups is 1. The lowest BCUT2D eigenvalue weighted by Gasteiger charge is -2.04. The van der Waals surface area contributed by atoms with Crippen molar-refractivity contribution in [2.24, 2.45) is 0 Å². The van der Waals surface area contributed by atoms with Gasteiger partial charge in [0.25, 0.3) is 11.6 Å². The van der Waals surface area contributed by atoms with Crippen molar-refractivity contribution in [1.82, 2.24) is 0 Å². The van der Waals surface area contributed by atoms with Crippen LogP contribution in [0.3, 0.4) is 0 Å². The van der Waals surface area contributed by atoms with Gasteiger partial charge in [-0.25, -0.2) is 0 Å². The van der Waals surface area contributed by atoms with Crippen LogP contribution in [0, 0.1) is 17.0 Å². The maximum absolute atomic E-state index is 12.4. The van der Waals surface area contributed by atoms with Gasteiger partial charge in [0, 0.05) is 22.7 Å². The molecule has 0 saturated heterocycles. The maximum atomic E-state index is 12.4. The van der Waals surface area contributed by atoms with Crippen LogP contribution in [0.25, 0.3) is 11.0 Å². The van der Waals surface area contributed by atoms with E-state index in [4.69, 9.17) is 27.6 Å². The molecule has 2 aromatic carbocycles. The monoisotopic (exact) mass is 364 g/mol. The van der Waals surface area contributed by atoms with Gasteiger partial charge in [0.15, 0.2) is 11.3 Å². The zero-order chi connectivity index (χ0) is 17.4. The van der Waals surface area contributed by atoms with Crippen molar-refractivity contribution in [2.75, 3.05) is 5.32 Å². The van der Waals surface area contributed by atoms with Gasteiger partial charge in [0.05, 0.1) is 9.95 Å². The number of nitrogens with zero attached hydrogens (tertiary/aromatic N) is 1. The third kappa shape index (κ3) is 2.81. The fourth-order valence-electron chi connectivity index (χ4n) is 2.34. The Morgan fingerprint density at radius 3 is 2.62 bits per heavy atom. The minimum absolute atomic E-state index is 0.00954. The van der Waals surface area contributed by atoms with Crippen LogP contribution < -0.4 is 5.32 Å². The number of anilines is 1. The molecule has 0 atom stereocenters. The van der Waals surface area contributed by atoms with Crippen LogP contribution in [0.1, 0.15) is 16.1 Å². The summed E-state index contributed by atoms with van der Waals surface area (Å²) in [6.45, 7) is 1.74. The first-order valence-electron chi connectivity index (χ1n) is 6.81. The van der Waals surface area contributed by atoms with Crippen LogP contribution in [0.15, 0.2) is 40.8 Å². The predicted molar refractivity (Wildman–Crippen MR) is 92.0 cm³/mol. The molecule has 0 spiro atoms. The van der Waals surface area contributed by atoms with Crippen molar-refractivity contribution in [1.29, 1.82) is 0 Å². The molecule has 0 unspecified atom stereocenters. The van der Waals surface area contributed by atoms with Crippen molar-refractivity contribution in [2.45, 2.75) is 6.92 Å². The molecule has 0 bridgehead atoms. The number of furan rings is 1. The van der Waals surface area contributed by atoms with Gasteiger partial charge in [0.2, 0.25) is 0 Å². The lowest BCUT2D eigenvalue weighted by molar-refractivity contribution is -0.384. The Kier molecular flexibility index (Phi) is 4.17. The molecule has 0 aliphatic carbocycles. The molecule has 0 saturated carbocycles. The van der Waals surface area contributed by atoms with Gasteiger partial charge >= 0.3 is 0 Å². The average molecular weight is 365 g/mol. The number of hydrogen-bond donors (Lipinski definition) is 1. The Bertz CT molecular complexity index is 982. The number of nitrogens with one attached hydrogen (secondary N) is 1. The van der Waals surface area contributed by atoms with Crippen LogP contribution in [-0.2, 0) is 0 Å². The number of amides is 1. The number of halogens is 2. The third-order valence-electron chi connectivity index (χ3n) is 3.52. The van der Waals surface area contributed by atoms with Crippen molar-refractivity contribution >= 4 is 51.5 Å². The summed E-state index contributed by atoms with van der Waals surface area (Å²) in [5.74, 6) is -0.438. The van der Waals surface area contributed by atoms with Crippen LogP contribution in [0.4, 0.5) is 11.4 Å². The van der Waals surface area contributed by atoms with E-state index in [0.717, 1.165) is 5.39 Å². The van der Waals surface area contributed by atoms with Crippen LogP contribution in [-0.4, -0.2) is 10.8 Å². The molecular formula is C16H10Cl2N2O4. The highest BCUT2D eigenvalue weighted by Gasteiger charge is 2.20. The third-order valence-corrected chi connectivity index (χ3v) is 4.14. The van der Waals surface area contributed by atoms with E-state index in [1.807, 2.05) is 0 Å². The Morgan fingerprint density at radius 1 is 1.21 bits per heavy atom. The fraction of sp³-hybridized carbons (Fsp3) is 0.0625. The number of carbonyl (C=O) groups is 1. The topological polar surface area (TPSA) is 85.4 Å². The van der Waals surface area contributed by atoms with Gasteiger partial charge in [-0.1, -0.05) is 35.3 Å². The predicted octanol–water partition coefficient (Wildman–Crippen LogP) is 5.21. The zero-order valence-corrected chi connectivity index (χ0v) is 13.8. The molecule has 1 N–H and O–H groups in total. The molecule has 8 heteroatoms. The molecule has 0 fully saturated rings. The molecule has 3 aromatic rings. The minimum Gasteiger partial charge on any atom is -0.449 e. The average Bonchev–Trinajstić information content (AvgIpc) is 2.88. The fourth-order valence-corrected chi connectivity index (χ4v) is 2.74. The van der Waals surface area contributed by atoms with Crippen molar-refractivity contribution in [3.63, 3.8) is 0 Å². The van der Waals surface area contributed by atoms with Crippen LogP contribution >= 0.6 is 23.2 Å². The summed E-state index contributed by atoms with van der Waals surface area (Å²) < 4.78 is 5.56. The Balaban J connectivity index is 1.96.